The lowest BCUT2D eigenvalue weighted by Gasteiger charge is -2.19. The van der Waals surface area contributed by atoms with Crippen LogP contribution in [0.1, 0.15) is 16.7 Å². The topological polar surface area (TPSA) is 85.9 Å². The molecule has 0 heterocycles. The van der Waals surface area contributed by atoms with Gasteiger partial charge in [0.15, 0.2) is 6.10 Å². The van der Waals surface area contributed by atoms with Crippen molar-refractivity contribution in [3.05, 3.63) is 89.5 Å². The molecule has 7 heteroatoms. The van der Waals surface area contributed by atoms with Crippen LogP contribution >= 0.6 is 0 Å². The molecule has 0 fully saturated rings. The molecule has 2 N–H and O–H groups in total. The molecule has 3 aromatic carbocycles. The molecule has 2 amide bonds. The Kier molecular flexibility index (Phi) is 8.30. The summed E-state index contributed by atoms with van der Waals surface area (Å²) in [6, 6.07) is 22.1. The second kappa shape index (κ2) is 11.6. The number of benzene rings is 3. The summed E-state index contributed by atoms with van der Waals surface area (Å²) in [5.41, 5.74) is 4.30. The van der Waals surface area contributed by atoms with Crippen molar-refractivity contribution in [2.45, 2.75) is 26.9 Å². The van der Waals surface area contributed by atoms with Crippen LogP contribution in [0.15, 0.2) is 72.8 Å². The van der Waals surface area contributed by atoms with Gasteiger partial charge in [-0.2, -0.15) is 0 Å². The van der Waals surface area contributed by atoms with E-state index in [4.69, 9.17) is 14.2 Å². The standard InChI is InChI=1S/C26H28N2O5/c1-18-8-12-21(13-9-18)27-25(29)32-17-23(16-31-24-7-5-4-6-20(24)3)33-26(30)28-22-14-10-19(2)11-15-22/h4-15,23H,16-17H2,1-3H3,(H,27,29)(H,28,30)/t23-/m0/s1. The number of hydrogen-bond donors (Lipinski definition) is 2. The molecule has 0 saturated heterocycles. The average molecular weight is 449 g/mol. The molecule has 33 heavy (non-hydrogen) atoms. The predicted octanol–water partition coefficient (Wildman–Crippen LogP) is 5.86. The summed E-state index contributed by atoms with van der Waals surface area (Å²) < 4.78 is 16.6. The molecule has 1 atom stereocenters. The number of anilines is 2. The predicted molar refractivity (Wildman–Crippen MR) is 128 cm³/mol. The van der Waals surface area contributed by atoms with E-state index in [1.165, 1.54) is 0 Å². The Balaban J connectivity index is 1.59. The molecular weight excluding hydrogens is 420 g/mol. The SMILES string of the molecule is Cc1ccc(NC(=O)OC[C@H](COc2ccccc2C)OC(=O)Nc2ccc(C)cc2)cc1. The zero-order valence-electron chi connectivity index (χ0n) is 19.0. The monoisotopic (exact) mass is 448 g/mol. The number of para-hydroxylation sites is 1. The lowest BCUT2D eigenvalue weighted by atomic mass is 10.2. The summed E-state index contributed by atoms with van der Waals surface area (Å²) in [5, 5.41) is 5.32. The van der Waals surface area contributed by atoms with Crippen molar-refractivity contribution >= 4 is 23.6 Å². The number of carbonyl (C=O) groups excluding carboxylic acids is 2. The zero-order valence-corrected chi connectivity index (χ0v) is 19.0. The molecule has 0 aliphatic heterocycles. The molecule has 3 rings (SSSR count). The molecule has 0 aliphatic rings. The van der Waals surface area contributed by atoms with Gasteiger partial charge < -0.3 is 14.2 Å². The van der Waals surface area contributed by atoms with Crippen LogP contribution in [0.3, 0.4) is 0 Å². The highest BCUT2D eigenvalue weighted by molar-refractivity contribution is 5.85. The summed E-state index contributed by atoms with van der Waals surface area (Å²) in [4.78, 5) is 24.6. The van der Waals surface area contributed by atoms with E-state index in [-0.39, 0.29) is 13.2 Å². The number of carbonyl (C=O) groups is 2. The second-order valence-electron chi connectivity index (χ2n) is 7.68. The molecule has 0 aromatic heterocycles. The Labute approximate surface area is 193 Å². The average Bonchev–Trinajstić information content (AvgIpc) is 2.79. The lowest BCUT2D eigenvalue weighted by Crippen LogP contribution is -2.33. The molecule has 172 valence electrons. The smallest absolute Gasteiger partial charge is 0.412 e. The summed E-state index contributed by atoms with van der Waals surface area (Å²) >= 11 is 0. The Hall–Kier alpha value is -4.00. The van der Waals surface area contributed by atoms with Gasteiger partial charge in [-0.25, -0.2) is 9.59 Å². The van der Waals surface area contributed by atoms with Crippen LogP contribution in [-0.2, 0) is 9.47 Å². The van der Waals surface area contributed by atoms with E-state index >= 15 is 0 Å². The largest absolute Gasteiger partial charge is 0.489 e. The molecule has 0 bridgehead atoms. The molecule has 0 spiro atoms. The highest BCUT2D eigenvalue weighted by atomic mass is 16.6. The van der Waals surface area contributed by atoms with E-state index in [1.54, 1.807) is 24.3 Å². The van der Waals surface area contributed by atoms with E-state index < -0.39 is 18.3 Å². The third kappa shape index (κ3) is 7.88. The molecular formula is C26H28N2O5. The first-order valence-electron chi connectivity index (χ1n) is 10.6. The highest BCUT2D eigenvalue weighted by Crippen LogP contribution is 2.17. The van der Waals surface area contributed by atoms with Crippen molar-refractivity contribution in [3.63, 3.8) is 0 Å². The fourth-order valence-corrected chi connectivity index (χ4v) is 2.91. The van der Waals surface area contributed by atoms with Crippen LogP contribution in [0.25, 0.3) is 0 Å². The van der Waals surface area contributed by atoms with E-state index in [1.807, 2.05) is 69.3 Å². The van der Waals surface area contributed by atoms with Crippen molar-refractivity contribution in [1.29, 1.82) is 0 Å². The molecule has 7 nitrogen and oxygen atoms in total. The maximum absolute atomic E-state index is 12.4. The molecule has 0 radical (unpaired) electrons. The van der Waals surface area contributed by atoms with Crippen LogP contribution in [0.4, 0.5) is 21.0 Å². The Morgan fingerprint density at radius 1 is 0.727 bits per heavy atom. The van der Waals surface area contributed by atoms with Gasteiger partial charge in [0, 0.05) is 11.4 Å². The van der Waals surface area contributed by atoms with Gasteiger partial charge in [0.25, 0.3) is 0 Å². The maximum atomic E-state index is 12.4. The van der Waals surface area contributed by atoms with Gasteiger partial charge in [0.2, 0.25) is 0 Å². The van der Waals surface area contributed by atoms with Crippen molar-refractivity contribution in [3.8, 4) is 5.75 Å². The number of nitrogens with one attached hydrogen (secondary N) is 2. The minimum absolute atomic E-state index is 0.0178. The van der Waals surface area contributed by atoms with Gasteiger partial charge in [0.1, 0.15) is 19.0 Å². The van der Waals surface area contributed by atoms with Crippen molar-refractivity contribution in [2.24, 2.45) is 0 Å². The highest BCUT2D eigenvalue weighted by Gasteiger charge is 2.19. The van der Waals surface area contributed by atoms with Crippen molar-refractivity contribution < 1.29 is 23.8 Å². The maximum Gasteiger partial charge on any atom is 0.412 e. The van der Waals surface area contributed by atoms with Crippen LogP contribution in [0.2, 0.25) is 0 Å². The number of ether oxygens (including phenoxy) is 3. The third-order valence-electron chi connectivity index (χ3n) is 4.79. The van der Waals surface area contributed by atoms with E-state index in [0.29, 0.717) is 17.1 Å². The first-order valence-corrected chi connectivity index (χ1v) is 10.6. The Bertz CT molecular complexity index is 1060. The Morgan fingerprint density at radius 2 is 1.27 bits per heavy atom. The van der Waals surface area contributed by atoms with E-state index in [0.717, 1.165) is 16.7 Å². The molecule has 0 saturated carbocycles. The number of aryl methyl sites for hydroxylation is 3. The minimum atomic E-state index is -0.821. The second-order valence-corrected chi connectivity index (χ2v) is 7.68. The Morgan fingerprint density at radius 3 is 1.85 bits per heavy atom. The van der Waals surface area contributed by atoms with Crippen LogP contribution < -0.4 is 15.4 Å². The van der Waals surface area contributed by atoms with Crippen LogP contribution in [0.5, 0.6) is 5.75 Å². The number of rotatable bonds is 8. The molecule has 0 aliphatic carbocycles. The fraction of sp³-hybridized carbons (Fsp3) is 0.231. The van der Waals surface area contributed by atoms with Gasteiger partial charge in [0.05, 0.1) is 0 Å². The van der Waals surface area contributed by atoms with Crippen molar-refractivity contribution in [1.82, 2.24) is 0 Å². The zero-order chi connectivity index (χ0) is 23.6. The first kappa shape index (κ1) is 23.7. The summed E-state index contributed by atoms with van der Waals surface area (Å²) in [7, 11) is 0. The van der Waals surface area contributed by atoms with Crippen molar-refractivity contribution in [2.75, 3.05) is 23.8 Å². The van der Waals surface area contributed by atoms with E-state index in [9.17, 15) is 9.59 Å². The number of hydrogen-bond acceptors (Lipinski definition) is 5. The van der Waals surface area contributed by atoms with Gasteiger partial charge in [-0.3, -0.25) is 10.6 Å². The molecule has 3 aromatic rings. The summed E-state index contributed by atoms with van der Waals surface area (Å²) in [6.07, 6.45) is -2.14. The summed E-state index contributed by atoms with van der Waals surface area (Å²) in [6.45, 7) is 5.68. The normalized spacial score (nSPS) is 11.2. The minimum Gasteiger partial charge on any atom is -0.489 e. The van der Waals surface area contributed by atoms with E-state index in [2.05, 4.69) is 10.6 Å². The first-order chi connectivity index (χ1) is 15.9. The number of amides is 2. The van der Waals surface area contributed by atoms with Gasteiger partial charge in [-0.05, 0) is 56.7 Å². The summed E-state index contributed by atoms with van der Waals surface area (Å²) in [5.74, 6) is 0.661. The quantitative estimate of drug-likeness (QED) is 0.451. The molecule has 0 unspecified atom stereocenters. The van der Waals surface area contributed by atoms with Gasteiger partial charge in [-0.1, -0.05) is 53.6 Å². The lowest BCUT2D eigenvalue weighted by molar-refractivity contribution is 0.0288. The van der Waals surface area contributed by atoms with Gasteiger partial charge in [-0.15, -0.1) is 0 Å². The third-order valence-corrected chi connectivity index (χ3v) is 4.79. The van der Waals surface area contributed by atoms with Gasteiger partial charge >= 0.3 is 12.2 Å². The van der Waals surface area contributed by atoms with Crippen LogP contribution in [-0.4, -0.2) is 31.5 Å². The fourth-order valence-electron chi connectivity index (χ4n) is 2.91. The van der Waals surface area contributed by atoms with Crippen LogP contribution in [0, 0.1) is 20.8 Å².